The molecule has 15 heavy (non-hydrogen) atoms. The molecule has 0 amide bonds. The average molecular weight is 226 g/mol. The van der Waals surface area contributed by atoms with Crippen molar-refractivity contribution in [2.45, 2.75) is 26.3 Å². The van der Waals surface area contributed by atoms with Gasteiger partial charge in [0.25, 0.3) is 0 Å². The van der Waals surface area contributed by atoms with Crippen molar-refractivity contribution < 1.29 is 0 Å². The van der Waals surface area contributed by atoms with Gasteiger partial charge in [0.2, 0.25) is 0 Å². The molecule has 86 valence electrons. The van der Waals surface area contributed by atoms with Crippen LogP contribution in [0.3, 0.4) is 0 Å². The molecule has 2 heterocycles. The average Bonchev–Trinajstić information content (AvgIpc) is 2.55. The van der Waals surface area contributed by atoms with Gasteiger partial charge in [-0.2, -0.15) is 11.8 Å². The summed E-state index contributed by atoms with van der Waals surface area (Å²) in [6, 6.07) is 0.629. The molecule has 2 aliphatic heterocycles. The number of nitrogens with zero attached hydrogens (tertiary/aromatic N) is 1. The third kappa shape index (κ3) is 2.51. The lowest BCUT2D eigenvalue weighted by molar-refractivity contribution is 0.165. The van der Waals surface area contributed by atoms with Crippen LogP contribution in [0.15, 0.2) is 12.3 Å². The first-order valence-electron chi connectivity index (χ1n) is 5.85. The third-order valence-corrected chi connectivity index (χ3v) is 4.87. The molecule has 2 saturated heterocycles. The quantitative estimate of drug-likeness (QED) is 0.735. The summed E-state index contributed by atoms with van der Waals surface area (Å²) in [5.41, 5.74) is 1.70. The van der Waals surface area contributed by atoms with Crippen LogP contribution in [-0.4, -0.2) is 42.1 Å². The lowest BCUT2D eigenvalue weighted by atomic mass is 9.87. The van der Waals surface area contributed by atoms with Crippen LogP contribution in [0.25, 0.3) is 0 Å². The van der Waals surface area contributed by atoms with Gasteiger partial charge in [0, 0.05) is 42.5 Å². The fourth-order valence-electron chi connectivity index (χ4n) is 2.43. The molecule has 1 N–H and O–H groups in total. The van der Waals surface area contributed by atoms with E-state index in [2.05, 4.69) is 42.4 Å². The Labute approximate surface area is 97.5 Å². The summed E-state index contributed by atoms with van der Waals surface area (Å²) >= 11 is 2.11. The second kappa shape index (κ2) is 4.38. The minimum atomic E-state index is 0.508. The van der Waals surface area contributed by atoms with E-state index in [9.17, 15) is 0 Å². The van der Waals surface area contributed by atoms with E-state index in [1.165, 1.54) is 30.2 Å². The molecule has 2 nitrogen and oxygen atoms in total. The monoisotopic (exact) mass is 226 g/mol. The van der Waals surface area contributed by atoms with Crippen molar-refractivity contribution in [3.63, 3.8) is 0 Å². The van der Waals surface area contributed by atoms with Crippen LogP contribution in [0.2, 0.25) is 0 Å². The van der Waals surface area contributed by atoms with Gasteiger partial charge < -0.3 is 5.32 Å². The van der Waals surface area contributed by atoms with Crippen LogP contribution < -0.4 is 5.32 Å². The maximum atomic E-state index is 4.10. The summed E-state index contributed by atoms with van der Waals surface area (Å²) in [4.78, 5) is 2.56. The van der Waals surface area contributed by atoms with Crippen LogP contribution in [0.1, 0.15) is 20.3 Å². The highest BCUT2D eigenvalue weighted by molar-refractivity contribution is 7.99. The van der Waals surface area contributed by atoms with Crippen molar-refractivity contribution in [3.05, 3.63) is 12.3 Å². The molecule has 0 bridgehead atoms. The Morgan fingerprint density at radius 1 is 1.53 bits per heavy atom. The SMILES string of the molecule is C=C1CN(C(C)C)CC2(CCSC2)CN1. The molecule has 0 aromatic heterocycles. The first-order valence-corrected chi connectivity index (χ1v) is 7.00. The van der Waals surface area contributed by atoms with E-state index in [1.807, 2.05) is 0 Å². The van der Waals surface area contributed by atoms with Crippen LogP contribution >= 0.6 is 11.8 Å². The first-order chi connectivity index (χ1) is 7.11. The molecule has 1 unspecified atom stereocenters. The fourth-order valence-corrected chi connectivity index (χ4v) is 3.93. The van der Waals surface area contributed by atoms with Crippen LogP contribution in [0.4, 0.5) is 0 Å². The second-order valence-electron chi connectivity index (χ2n) is 5.26. The van der Waals surface area contributed by atoms with Gasteiger partial charge in [0.1, 0.15) is 0 Å². The highest BCUT2D eigenvalue weighted by Crippen LogP contribution is 2.37. The van der Waals surface area contributed by atoms with Crippen molar-refractivity contribution in [1.29, 1.82) is 0 Å². The summed E-state index contributed by atoms with van der Waals surface area (Å²) < 4.78 is 0. The molecular formula is C12H22N2S. The van der Waals surface area contributed by atoms with Crippen molar-refractivity contribution in [2.24, 2.45) is 5.41 Å². The number of hydrogen-bond donors (Lipinski definition) is 1. The number of rotatable bonds is 1. The smallest absolute Gasteiger partial charge is 0.0378 e. The Kier molecular flexibility index (Phi) is 3.31. The van der Waals surface area contributed by atoms with E-state index in [4.69, 9.17) is 0 Å². The maximum Gasteiger partial charge on any atom is 0.0378 e. The predicted molar refractivity (Wildman–Crippen MR) is 68.2 cm³/mol. The molecule has 2 rings (SSSR count). The van der Waals surface area contributed by atoms with Crippen molar-refractivity contribution >= 4 is 11.8 Å². The fraction of sp³-hybridized carbons (Fsp3) is 0.833. The van der Waals surface area contributed by atoms with Gasteiger partial charge in [-0.3, -0.25) is 4.90 Å². The van der Waals surface area contributed by atoms with E-state index in [-0.39, 0.29) is 0 Å². The van der Waals surface area contributed by atoms with Crippen LogP contribution in [0, 0.1) is 5.41 Å². The van der Waals surface area contributed by atoms with Gasteiger partial charge in [-0.1, -0.05) is 6.58 Å². The molecular weight excluding hydrogens is 204 g/mol. The normalized spacial score (nSPS) is 33.4. The zero-order valence-corrected chi connectivity index (χ0v) is 10.7. The third-order valence-electron chi connectivity index (χ3n) is 3.56. The lowest BCUT2D eigenvalue weighted by Gasteiger charge is -2.33. The highest BCUT2D eigenvalue weighted by Gasteiger charge is 2.38. The Hall–Kier alpha value is -0.150. The minimum Gasteiger partial charge on any atom is -0.387 e. The summed E-state index contributed by atoms with van der Waals surface area (Å²) in [6.07, 6.45) is 1.36. The maximum absolute atomic E-state index is 4.10. The highest BCUT2D eigenvalue weighted by atomic mass is 32.2. The van der Waals surface area contributed by atoms with Crippen LogP contribution in [-0.2, 0) is 0 Å². The van der Waals surface area contributed by atoms with Gasteiger partial charge >= 0.3 is 0 Å². The van der Waals surface area contributed by atoms with Gasteiger partial charge in [-0.15, -0.1) is 0 Å². The predicted octanol–water partition coefficient (Wildman–Crippen LogP) is 1.94. The molecule has 0 aromatic rings. The van der Waals surface area contributed by atoms with Crippen molar-refractivity contribution in [3.8, 4) is 0 Å². The largest absolute Gasteiger partial charge is 0.387 e. The molecule has 0 aliphatic carbocycles. The summed E-state index contributed by atoms with van der Waals surface area (Å²) in [5.74, 6) is 2.65. The Morgan fingerprint density at radius 3 is 2.93 bits per heavy atom. The molecule has 2 fully saturated rings. The Morgan fingerprint density at radius 2 is 2.33 bits per heavy atom. The Bertz CT molecular complexity index is 244. The van der Waals surface area contributed by atoms with E-state index >= 15 is 0 Å². The van der Waals surface area contributed by atoms with Crippen molar-refractivity contribution in [2.75, 3.05) is 31.1 Å². The number of hydrogen-bond acceptors (Lipinski definition) is 3. The number of nitrogens with one attached hydrogen (secondary N) is 1. The standard InChI is InChI=1S/C12H22N2S/c1-10(2)14-6-11(3)13-7-12(8-14)4-5-15-9-12/h10,13H,3-9H2,1-2H3. The molecule has 3 heteroatoms. The van der Waals surface area contributed by atoms with E-state index in [0.29, 0.717) is 11.5 Å². The molecule has 0 saturated carbocycles. The van der Waals surface area contributed by atoms with Gasteiger partial charge in [-0.05, 0) is 26.0 Å². The van der Waals surface area contributed by atoms with Gasteiger partial charge in [0.05, 0.1) is 0 Å². The number of thioether (sulfide) groups is 1. The molecule has 1 spiro atoms. The zero-order chi connectivity index (χ0) is 10.9. The van der Waals surface area contributed by atoms with E-state index in [1.54, 1.807) is 0 Å². The summed E-state index contributed by atoms with van der Waals surface area (Å²) in [5, 5.41) is 3.51. The second-order valence-corrected chi connectivity index (χ2v) is 6.36. The molecule has 1 atom stereocenters. The van der Waals surface area contributed by atoms with Crippen molar-refractivity contribution in [1.82, 2.24) is 10.2 Å². The molecule has 0 radical (unpaired) electrons. The van der Waals surface area contributed by atoms with E-state index < -0.39 is 0 Å². The molecule has 2 aliphatic rings. The first kappa shape index (κ1) is 11.3. The summed E-state index contributed by atoms with van der Waals surface area (Å²) in [7, 11) is 0. The molecule has 0 aromatic carbocycles. The Balaban J connectivity index is 2.11. The van der Waals surface area contributed by atoms with Gasteiger partial charge in [-0.25, -0.2) is 0 Å². The van der Waals surface area contributed by atoms with E-state index in [0.717, 1.165) is 13.1 Å². The van der Waals surface area contributed by atoms with Gasteiger partial charge in [0.15, 0.2) is 0 Å². The summed E-state index contributed by atoms with van der Waals surface area (Å²) in [6.45, 7) is 12.1. The lowest BCUT2D eigenvalue weighted by Crippen LogP contribution is -2.42. The zero-order valence-electron chi connectivity index (χ0n) is 9.88. The minimum absolute atomic E-state index is 0.508. The topological polar surface area (TPSA) is 15.3 Å². The van der Waals surface area contributed by atoms with Crippen LogP contribution in [0.5, 0.6) is 0 Å².